The first-order valence-electron chi connectivity index (χ1n) is 10.4. The standard InChI is InChI=1S/C24H34N4/c1-8-12-28(15-16(2)3)21-11-9-10-20-23(21)27(7)24(25-20)26-22-18(5)13-17(4)14-19(22)6/h9-11,13-14,16H,8,12,15H2,1-7H3,(H,25,26). The third kappa shape index (κ3) is 4.01. The Morgan fingerprint density at radius 2 is 1.79 bits per heavy atom. The molecule has 1 heterocycles. The number of para-hydroxylation sites is 1. The van der Waals surface area contributed by atoms with Gasteiger partial charge in [-0.2, -0.15) is 0 Å². The van der Waals surface area contributed by atoms with Gasteiger partial charge in [-0.1, -0.05) is 44.5 Å². The molecule has 0 aliphatic carbocycles. The zero-order valence-electron chi connectivity index (χ0n) is 18.4. The zero-order chi connectivity index (χ0) is 20.4. The molecule has 0 unspecified atom stereocenters. The molecular weight excluding hydrogens is 344 g/mol. The molecule has 1 aromatic heterocycles. The monoisotopic (exact) mass is 378 g/mol. The van der Waals surface area contributed by atoms with Crippen LogP contribution in [-0.2, 0) is 7.05 Å². The van der Waals surface area contributed by atoms with Gasteiger partial charge in [0.2, 0.25) is 5.95 Å². The van der Waals surface area contributed by atoms with Gasteiger partial charge in [-0.3, -0.25) is 0 Å². The smallest absolute Gasteiger partial charge is 0.208 e. The molecule has 3 aromatic rings. The number of aromatic nitrogens is 2. The van der Waals surface area contributed by atoms with Crippen LogP contribution in [0.25, 0.3) is 11.0 Å². The Kier molecular flexibility index (Phi) is 5.97. The second kappa shape index (κ2) is 8.26. The van der Waals surface area contributed by atoms with Gasteiger partial charge >= 0.3 is 0 Å². The summed E-state index contributed by atoms with van der Waals surface area (Å²) in [5.41, 5.74) is 8.44. The molecule has 150 valence electrons. The van der Waals surface area contributed by atoms with Crippen LogP contribution in [0.5, 0.6) is 0 Å². The van der Waals surface area contributed by atoms with Crippen molar-refractivity contribution in [1.82, 2.24) is 9.55 Å². The molecule has 0 aliphatic heterocycles. The van der Waals surface area contributed by atoms with Crippen LogP contribution < -0.4 is 10.2 Å². The highest BCUT2D eigenvalue weighted by Crippen LogP contribution is 2.32. The molecule has 0 atom stereocenters. The quantitative estimate of drug-likeness (QED) is 0.538. The fourth-order valence-corrected chi connectivity index (χ4v) is 4.13. The number of nitrogens with zero attached hydrogens (tertiary/aromatic N) is 3. The van der Waals surface area contributed by atoms with Crippen LogP contribution in [0, 0.1) is 26.7 Å². The van der Waals surface area contributed by atoms with Gasteiger partial charge in [0.05, 0.1) is 16.7 Å². The van der Waals surface area contributed by atoms with E-state index in [1.807, 2.05) is 0 Å². The molecule has 2 aromatic carbocycles. The molecule has 3 rings (SSSR count). The van der Waals surface area contributed by atoms with Crippen molar-refractivity contribution in [1.29, 1.82) is 0 Å². The molecule has 0 spiro atoms. The largest absolute Gasteiger partial charge is 0.370 e. The predicted molar refractivity (Wildman–Crippen MR) is 122 cm³/mol. The lowest BCUT2D eigenvalue weighted by Gasteiger charge is -2.27. The third-order valence-corrected chi connectivity index (χ3v) is 5.21. The number of hydrogen-bond acceptors (Lipinski definition) is 3. The number of fused-ring (bicyclic) bond motifs is 1. The highest BCUT2D eigenvalue weighted by Gasteiger charge is 2.17. The Labute approximate surface area is 169 Å². The minimum absolute atomic E-state index is 0.616. The Morgan fingerprint density at radius 1 is 1.11 bits per heavy atom. The van der Waals surface area contributed by atoms with Crippen LogP contribution >= 0.6 is 0 Å². The fourth-order valence-electron chi connectivity index (χ4n) is 4.13. The van der Waals surface area contributed by atoms with E-state index in [0.717, 1.165) is 36.7 Å². The Balaban J connectivity index is 2.07. The van der Waals surface area contributed by atoms with Gasteiger partial charge in [0.25, 0.3) is 0 Å². The number of rotatable bonds is 7. The van der Waals surface area contributed by atoms with Crippen LogP contribution in [0.3, 0.4) is 0 Å². The van der Waals surface area contributed by atoms with Crippen molar-refractivity contribution in [3.05, 3.63) is 47.0 Å². The molecule has 0 saturated carbocycles. The maximum absolute atomic E-state index is 4.92. The highest BCUT2D eigenvalue weighted by atomic mass is 15.2. The van der Waals surface area contributed by atoms with Crippen molar-refractivity contribution in [2.24, 2.45) is 13.0 Å². The van der Waals surface area contributed by atoms with Crippen molar-refractivity contribution in [3.8, 4) is 0 Å². The third-order valence-electron chi connectivity index (χ3n) is 5.21. The minimum atomic E-state index is 0.616. The van der Waals surface area contributed by atoms with Crippen molar-refractivity contribution in [2.75, 3.05) is 23.3 Å². The first-order valence-corrected chi connectivity index (χ1v) is 10.4. The SMILES string of the molecule is CCCN(CC(C)C)c1cccc2nc(Nc3c(C)cc(C)cc3C)n(C)c12. The molecular formula is C24H34N4. The number of hydrogen-bond donors (Lipinski definition) is 1. The van der Waals surface area contributed by atoms with Crippen LogP contribution in [0.4, 0.5) is 17.3 Å². The van der Waals surface area contributed by atoms with Crippen molar-refractivity contribution < 1.29 is 0 Å². The maximum Gasteiger partial charge on any atom is 0.208 e. The molecule has 28 heavy (non-hydrogen) atoms. The second-order valence-electron chi connectivity index (χ2n) is 8.38. The van der Waals surface area contributed by atoms with E-state index in [4.69, 9.17) is 4.98 Å². The highest BCUT2D eigenvalue weighted by molar-refractivity contribution is 5.91. The molecule has 0 radical (unpaired) electrons. The van der Waals surface area contributed by atoms with E-state index in [0.29, 0.717) is 5.92 Å². The van der Waals surface area contributed by atoms with E-state index in [9.17, 15) is 0 Å². The van der Waals surface area contributed by atoms with Gasteiger partial charge in [0.1, 0.15) is 0 Å². The summed E-state index contributed by atoms with van der Waals surface area (Å²) in [4.78, 5) is 7.42. The molecule has 4 heteroatoms. The van der Waals surface area contributed by atoms with E-state index in [1.165, 1.54) is 27.9 Å². The lowest BCUT2D eigenvalue weighted by Crippen LogP contribution is -2.28. The second-order valence-corrected chi connectivity index (χ2v) is 8.38. The van der Waals surface area contributed by atoms with Crippen molar-refractivity contribution in [3.63, 3.8) is 0 Å². The average molecular weight is 379 g/mol. The van der Waals surface area contributed by atoms with Gasteiger partial charge in [-0.05, 0) is 56.4 Å². The molecule has 0 aliphatic rings. The lowest BCUT2D eigenvalue weighted by atomic mass is 10.1. The van der Waals surface area contributed by atoms with E-state index in [1.54, 1.807) is 0 Å². The van der Waals surface area contributed by atoms with E-state index >= 15 is 0 Å². The number of anilines is 3. The summed E-state index contributed by atoms with van der Waals surface area (Å²) in [6.45, 7) is 15.4. The van der Waals surface area contributed by atoms with E-state index < -0.39 is 0 Å². The summed E-state index contributed by atoms with van der Waals surface area (Å²) in [6, 6.07) is 10.9. The first kappa shape index (κ1) is 20.2. The zero-order valence-corrected chi connectivity index (χ0v) is 18.4. The summed E-state index contributed by atoms with van der Waals surface area (Å²) >= 11 is 0. The van der Waals surface area contributed by atoms with E-state index in [2.05, 4.69) is 93.7 Å². The normalized spacial score (nSPS) is 11.4. The summed E-state index contributed by atoms with van der Waals surface area (Å²) < 4.78 is 2.20. The molecule has 1 N–H and O–H groups in total. The fraction of sp³-hybridized carbons (Fsp3) is 0.458. The van der Waals surface area contributed by atoms with Gasteiger partial charge in [0.15, 0.2) is 0 Å². The van der Waals surface area contributed by atoms with Gasteiger partial charge < -0.3 is 14.8 Å². The van der Waals surface area contributed by atoms with E-state index in [-0.39, 0.29) is 0 Å². The number of benzene rings is 2. The van der Waals surface area contributed by atoms with Crippen molar-refractivity contribution >= 4 is 28.4 Å². The molecule has 4 nitrogen and oxygen atoms in total. The Hall–Kier alpha value is -2.49. The summed E-state index contributed by atoms with van der Waals surface area (Å²) in [7, 11) is 2.11. The van der Waals surface area contributed by atoms with Crippen LogP contribution in [0.2, 0.25) is 0 Å². The predicted octanol–water partition coefficient (Wildman–Crippen LogP) is 6.11. The van der Waals surface area contributed by atoms with Crippen LogP contribution in [0.1, 0.15) is 43.9 Å². The summed E-state index contributed by atoms with van der Waals surface area (Å²) in [5, 5.41) is 3.60. The van der Waals surface area contributed by atoms with Crippen LogP contribution in [-0.4, -0.2) is 22.6 Å². The van der Waals surface area contributed by atoms with Gasteiger partial charge in [0, 0.05) is 25.8 Å². The minimum Gasteiger partial charge on any atom is -0.370 e. The summed E-state index contributed by atoms with van der Waals surface area (Å²) in [5.74, 6) is 1.50. The lowest BCUT2D eigenvalue weighted by molar-refractivity contribution is 0.606. The first-order chi connectivity index (χ1) is 13.3. The molecule has 0 saturated heterocycles. The summed E-state index contributed by atoms with van der Waals surface area (Å²) in [6.07, 6.45) is 1.13. The van der Waals surface area contributed by atoms with Gasteiger partial charge in [-0.15, -0.1) is 0 Å². The maximum atomic E-state index is 4.92. The van der Waals surface area contributed by atoms with Gasteiger partial charge in [-0.25, -0.2) is 4.98 Å². The Bertz CT molecular complexity index is 945. The topological polar surface area (TPSA) is 33.1 Å². The van der Waals surface area contributed by atoms with Crippen LogP contribution in [0.15, 0.2) is 30.3 Å². The Morgan fingerprint density at radius 3 is 2.39 bits per heavy atom. The molecule has 0 bridgehead atoms. The number of aryl methyl sites for hydroxylation is 4. The number of nitrogens with one attached hydrogen (secondary N) is 1. The number of imidazole rings is 1. The molecule has 0 amide bonds. The van der Waals surface area contributed by atoms with Crippen molar-refractivity contribution in [2.45, 2.75) is 48.0 Å². The average Bonchev–Trinajstić information content (AvgIpc) is 2.93. The molecule has 0 fully saturated rings.